The Balaban J connectivity index is 1.57. The number of fused-ring (bicyclic) bond motifs is 1. The summed E-state index contributed by atoms with van der Waals surface area (Å²) in [7, 11) is 2.22. The predicted octanol–water partition coefficient (Wildman–Crippen LogP) is 0.462. The molecule has 0 aromatic heterocycles. The zero-order valence-corrected chi connectivity index (χ0v) is 13.3. The normalized spacial score (nSPS) is 23.6. The first kappa shape index (κ1) is 15.5. The predicted molar refractivity (Wildman–Crippen MR) is 88.5 cm³/mol. The SMILES string of the molecule is CN1CCN2CCN(Cc3ccc(C#CCO)cc3)C[C@H]2C1. The fourth-order valence-electron chi connectivity index (χ4n) is 3.41. The molecule has 3 rings (SSSR count). The molecule has 2 aliphatic rings. The molecule has 2 fully saturated rings. The molecule has 118 valence electrons. The second-order valence-electron chi connectivity index (χ2n) is 6.34. The number of nitrogens with zero attached hydrogens (tertiary/aromatic N) is 3. The van der Waals surface area contributed by atoms with Crippen molar-refractivity contribution in [1.82, 2.24) is 14.7 Å². The van der Waals surface area contributed by atoms with Gasteiger partial charge in [-0.2, -0.15) is 0 Å². The Morgan fingerprint density at radius 1 is 1.09 bits per heavy atom. The average molecular weight is 299 g/mol. The van der Waals surface area contributed by atoms with Crippen molar-refractivity contribution >= 4 is 0 Å². The molecule has 1 aromatic carbocycles. The van der Waals surface area contributed by atoms with E-state index in [4.69, 9.17) is 5.11 Å². The van der Waals surface area contributed by atoms with Crippen molar-refractivity contribution in [3.63, 3.8) is 0 Å². The van der Waals surface area contributed by atoms with Crippen molar-refractivity contribution in [2.75, 3.05) is 52.9 Å². The van der Waals surface area contributed by atoms with Gasteiger partial charge >= 0.3 is 0 Å². The van der Waals surface area contributed by atoms with Crippen LogP contribution in [0.15, 0.2) is 24.3 Å². The van der Waals surface area contributed by atoms with Crippen molar-refractivity contribution < 1.29 is 5.11 Å². The van der Waals surface area contributed by atoms with Crippen molar-refractivity contribution in [3.8, 4) is 11.8 Å². The van der Waals surface area contributed by atoms with Gasteiger partial charge in [0.1, 0.15) is 6.61 Å². The molecule has 1 N–H and O–H groups in total. The van der Waals surface area contributed by atoms with Gasteiger partial charge in [-0.15, -0.1) is 0 Å². The zero-order chi connectivity index (χ0) is 15.4. The second kappa shape index (κ2) is 7.26. The molecule has 1 aromatic rings. The molecular weight excluding hydrogens is 274 g/mol. The molecule has 2 saturated heterocycles. The Kier molecular flexibility index (Phi) is 5.12. The van der Waals surface area contributed by atoms with Gasteiger partial charge in [-0.1, -0.05) is 24.0 Å². The number of piperazine rings is 2. The molecule has 0 bridgehead atoms. The van der Waals surface area contributed by atoms with Gasteiger partial charge in [0.25, 0.3) is 0 Å². The standard InChI is InChI=1S/C18H25N3O/c1-19-8-10-21-11-9-20(15-18(21)14-19)13-17-6-4-16(5-7-17)3-2-12-22/h4-7,18,22H,8-15H2,1H3/t18-/m1/s1. The van der Waals surface area contributed by atoms with E-state index in [0.717, 1.165) is 25.2 Å². The largest absolute Gasteiger partial charge is 0.384 e. The van der Waals surface area contributed by atoms with Crippen LogP contribution in [0.2, 0.25) is 0 Å². The van der Waals surface area contributed by atoms with Gasteiger partial charge in [0.05, 0.1) is 0 Å². The number of benzene rings is 1. The van der Waals surface area contributed by atoms with E-state index in [1.54, 1.807) is 0 Å². The molecule has 2 aliphatic heterocycles. The van der Waals surface area contributed by atoms with Gasteiger partial charge in [-0.05, 0) is 24.7 Å². The molecule has 22 heavy (non-hydrogen) atoms. The van der Waals surface area contributed by atoms with Crippen LogP contribution in [-0.4, -0.2) is 78.8 Å². The van der Waals surface area contributed by atoms with Crippen molar-refractivity contribution in [3.05, 3.63) is 35.4 Å². The van der Waals surface area contributed by atoms with Crippen LogP contribution in [0.25, 0.3) is 0 Å². The van der Waals surface area contributed by atoms with Gasteiger partial charge in [0.2, 0.25) is 0 Å². The lowest BCUT2D eigenvalue weighted by Crippen LogP contribution is -2.60. The first-order valence-corrected chi connectivity index (χ1v) is 8.08. The summed E-state index contributed by atoms with van der Waals surface area (Å²) in [6, 6.07) is 9.08. The van der Waals surface area contributed by atoms with Gasteiger partial charge in [-0.3, -0.25) is 9.80 Å². The van der Waals surface area contributed by atoms with E-state index >= 15 is 0 Å². The first-order chi connectivity index (χ1) is 10.7. The highest BCUT2D eigenvalue weighted by Crippen LogP contribution is 2.17. The van der Waals surface area contributed by atoms with Crippen molar-refractivity contribution in [2.45, 2.75) is 12.6 Å². The zero-order valence-electron chi connectivity index (χ0n) is 13.3. The molecule has 1 atom stereocenters. The van der Waals surface area contributed by atoms with Gasteiger partial charge in [0, 0.05) is 57.4 Å². The van der Waals surface area contributed by atoms with Crippen LogP contribution in [0.5, 0.6) is 0 Å². The van der Waals surface area contributed by atoms with Gasteiger partial charge in [0.15, 0.2) is 0 Å². The van der Waals surface area contributed by atoms with E-state index in [2.05, 4.69) is 45.7 Å². The van der Waals surface area contributed by atoms with Crippen LogP contribution >= 0.6 is 0 Å². The van der Waals surface area contributed by atoms with Crippen molar-refractivity contribution in [2.24, 2.45) is 0 Å². The number of aliphatic hydroxyl groups is 1. The fourth-order valence-corrected chi connectivity index (χ4v) is 3.41. The second-order valence-corrected chi connectivity index (χ2v) is 6.34. The Bertz CT molecular complexity index is 546. The van der Waals surface area contributed by atoms with E-state index in [1.165, 1.54) is 31.7 Å². The summed E-state index contributed by atoms with van der Waals surface area (Å²) in [4.78, 5) is 7.65. The van der Waals surface area contributed by atoms with Crippen LogP contribution in [-0.2, 0) is 6.54 Å². The molecule has 4 nitrogen and oxygen atoms in total. The summed E-state index contributed by atoms with van der Waals surface area (Å²) in [6.07, 6.45) is 0. The third-order valence-electron chi connectivity index (χ3n) is 4.65. The average Bonchev–Trinajstić information content (AvgIpc) is 2.54. The monoisotopic (exact) mass is 299 g/mol. The summed E-state index contributed by atoms with van der Waals surface area (Å²) in [5.74, 6) is 5.63. The highest BCUT2D eigenvalue weighted by Gasteiger charge is 2.30. The summed E-state index contributed by atoms with van der Waals surface area (Å²) in [5, 5.41) is 8.72. The number of aliphatic hydroxyl groups excluding tert-OH is 1. The molecular formula is C18H25N3O. The third-order valence-corrected chi connectivity index (χ3v) is 4.65. The maximum Gasteiger partial charge on any atom is 0.104 e. The molecule has 0 amide bonds. The smallest absolute Gasteiger partial charge is 0.104 e. The quantitative estimate of drug-likeness (QED) is 0.804. The summed E-state index contributed by atoms with van der Waals surface area (Å²) in [5.41, 5.74) is 2.31. The highest BCUT2D eigenvalue weighted by atomic mass is 16.2. The molecule has 0 aliphatic carbocycles. The summed E-state index contributed by atoms with van der Waals surface area (Å²) >= 11 is 0. The Morgan fingerprint density at radius 2 is 1.86 bits per heavy atom. The summed E-state index contributed by atoms with van der Waals surface area (Å²) < 4.78 is 0. The van der Waals surface area contributed by atoms with E-state index in [0.29, 0.717) is 6.04 Å². The Labute approximate surface area is 133 Å². The van der Waals surface area contributed by atoms with Gasteiger partial charge in [-0.25, -0.2) is 0 Å². The maximum absolute atomic E-state index is 8.72. The number of hydrogen-bond acceptors (Lipinski definition) is 4. The minimum atomic E-state index is -0.0815. The lowest BCUT2D eigenvalue weighted by atomic mass is 10.1. The minimum absolute atomic E-state index is 0.0815. The van der Waals surface area contributed by atoms with E-state index in [9.17, 15) is 0 Å². The molecule has 0 radical (unpaired) electrons. The lowest BCUT2D eigenvalue weighted by Gasteiger charge is -2.46. The molecule has 0 saturated carbocycles. The summed E-state index contributed by atoms with van der Waals surface area (Å²) in [6.45, 7) is 8.05. The molecule has 2 heterocycles. The highest BCUT2D eigenvalue weighted by molar-refractivity contribution is 5.36. The van der Waals surface area contributed by atoms with Crippen LogP contribution in [0.4, 0.5) is 0 Å². The van der Waals surface area contributed by atoms with Gasteiger partial charge < -0.3 is 10.0 Å². The first-order valence-electron chi connectivity index (χ1n) is 8.08. The van der Waals surface area contributed by atoms with E-state index in [1.807, 2.05) is 12.1 Å². The van der Waals surface area contributed by atoms with Crippen molar-refractivity contribution in [1.29, 1.82) is 0 Å². The fraction of sp³-hybridized carbons (Fsp3) is 0.556. The van der Waals surface area contributed by atoms with Crippen LogP contribution in [0.3, 0.4) is 0 Å². The topological polar surface area (TPSA) is 30.0 Å². The third kappa shape index (κ3) is 3.88. The van der Waals surface area contributed by atoms with Crippen LogP contribution in [0, 0.1) is 11.8 Å². The van der Waals surface area contributed by atoms with E-state index in [-0.39, 0.29) is 6.61 Å². The Hall–Kier alpha value is -1.38. The molecule has 0 spiro atoms. The molecule has 0 unspecified atom stereocenters. The number of likely N-dealkylation sites (N-methyl/N-ethyl adjacent to an activating group) is 1. The Morgan fingerprint density at radius 3 is 2.64 bits per heavy atom. The number of hydrogen-bond donors (Lipinski definition) is 1. The number of rotatable bonds is 2. The van der Waals surface area contributed by atoms with Crippen LogP contribution < -0.4 is 0 Å². The minimum Gasteiger partial charge on any atom is -0.384 e. The van der Waals surface area contributed by atoms with Crippen LogP contribution in [0.1, 0.15) is 11.1 Å². The lowest BCUT2D eigenvalue weighted by molar-refractivity contribution is 0.0175. The molecule has 4 heteroatoms. The maximum atomic E-state index is 8.72. The van der Waals surface area contributed by atoms with E-state index < -0.39 is 0 Å².